The molecule has 2 aromatic carbocycles. The van der Waals surface area contributed by atoms with Gasteiger partial charge in [0.1, 0.15) is 0 Å². The van der Waals surface area contributed by atoms with Gasteiger partial charge in [-0.05, 0) is 35.7 Å². The number of nitrogens with one attached hydrogen (secondary N) is 3. The Morgan fingerprint density at radius 2 is 1.43 bits per heavy atom. The number of benzene rings is 2. The first-order chi connectivity index (χ1) is 14.6. The molecule has 0 saturated heterocycles. The fourth-order valence-corrected chi connectivity index (χ4v) is 4.17. The molecule has 2 aromatic rings. The predicted octanol–water partition coefficient (Wildman–Crippen LogP) is 4.20. The van der Waals surface area contributed by atoms with E-state index in [9.17, 15) is 9.59 Å². The number of hydrogen-bond acceptors (Lipinski definition) is 3. The molecule has 0 atom stereocenters. The third-order valence-electron chi connectivity index (χ3n) is 5.58. The fourth-order valence-electron chi connectivity index (χ4n) is 4.01. The minimum atomic E-state index is -0.482. The van der Waals surface area contributed by atoms with Crippen LogP contribution in [0, 0.1) is 5.92 Å². The maximum Gasteiger partial charge on any atom is 0.250 e. The largest absolute Gasteiger partial charge is 0.302 e. The average Bonchev–Trinajstić information content (AvgIpc) is 2.79. The summed E-state index contributed by atoms with van der Waals surface area (Å²) >= 11 is 5.18. The van der Waals surface area contributed by atoms with E-state index in [4.69, 9.17) is 12.2 Å². The third kappa shape index (κ3) is 6.66. The molecule has 0 heterocycles. The van der Waals surface area contributed by atoms with Crippen molar-refractivity contribution in [3.05, 3.63) is 71.8 Å². The number of carbonyl (C=O) groups is 2. The van der Waals surface area contributed by atoms with Crippen molar-refractivity contribution in [3.8, 4) is 0 Å². The van der Waals surface area contributed by atoms with E-state index in [-0.39, 0.29) is 16.9 Å². The van der Waals surface area contributed by atoms with Gasteiger partial charge < -0.3 is 5.32 Å². The van der Waals surface area contributed by atoms with Crippen LogP contribution in [0.1, 0.15) is 62.0 Å². The number of rotatable bonds is 6. The van der Waals surface area contributed by atoms with Crippen LogP contribution >= 0.6 is 12.2 Å². The van der Waals surface area contributed by atoms with Crippen LogP contribution in [-0.4, -0.2) is 16.9 Å². The van der Waals surface area contributed by atoms with E-state index in [1.807, 2.05) is 60.7 Å². The maximum atomic E-state index is 12.9. The molecule has 158 valence electrons. The van der Waals surface area contributed by atoms with Crippen LogP contribution in [0.5, 0.6) is 0 Å². The molecule has 0 radical (unpaired) electrons. The molecular weight excluding hydrogens is 394 g/mol. The minimum absolute atomic E-state index is 0.108. The molecule has 1 saturated carbocycles. The van der Waals surface area contributed by atoms with Crippen LogP contribution in [0.3, 0.4) is 0 Å². The second-order valence-corrected chi connectivity index (χ2v) is 8.20. The van der Waals surface area contributed by atoms with Crippen molar-refractivity contribution < 1.29 is 9.59 Å². The Morgan fingerprint density at radius 3 is 2.00 bits per heavy atom. The lowest BCUT2D eigenvalue weighted by Crippen LogP contribution is -2.49. The molecule has 0 bridgehead atoms. The second kappa shape index (κ2) is 11.5. The van der Waals surface area contributed by atoms with Gasteiger partial charge in [0.05, 0.1) is 5.92 Å². The highest BCUT2D eigenvalue weighted by Gasteiger charge is 2.23. The standard InChI is InChI=1S/C24H29N3O2S/c28-21(17-16-18-10-4-1-5-11-18)25-24(30)27-26-23(29)22(19-12-6-2-7-13-19)20-14-8-3-9-15-20/h2-3,6-9,12-15,18,22H,1,4-5,10-11,16-17H2,(H,26,29)(H2,25,27,28,30). The first-order valence-electron chi connectivity index (χ1n) is 10.6. The van der Waals surface area contributed by atoms with Crippen LogP contribution in [0.25, 0.3) is 0 Å². The molecule has 1 fully saturated rings. The molecule has 0 spiro atoms. The highest BCUT2D eigenvalue weighted by molar-refractivity contribution is 7.80. The predicted molar refractivity (Wildman–Crippen MR) is 123 cm³/mol. The molecule has 1 aliphatic rings. The van der Waals surface area contributed by atoms with Gasteiger partial charge in [0.15, 0.2) is 5.11 Å². The highest BCUT2D eigenvalue weighted by Crippen LogP contribution is 2.27. The SMILES string of the molecule is O=C(CCC1CCCCC1)NC(=S)NNC(=O)C(c1ccccc1)c1ccccc1. The lowest BCUT2D eigenvalue weighted by atomic mass is 9.86. The molecule has 2 amide bonds. The van der Waals surface area contributed by atoms with Crippen LogP contribution in [-0.2, 0) is 9.59 Å². The van der Waals surface area contributed by atoms with Crippen molar-refractivity contribution in [2.24, 2.45) is 5.92 Å². The Balaban J connectivity index is 1.51. The normalized spacial score (nSPS) is 14.2. The Kier molecular flexibility index (Phi) is 8.39. The first kappa shape index (κ1) is 22.0. The maximum absolute atomic E-state index is 12.9. The summed E-state index contributed by atoms with van der Waals surface area (Å²) in [5.41, 5.74) is 7.08. The molecular formula is C24H29N3O2S. The van der Waals surface area contributed by atoms with E-state index in [1.165, 1.54) is 32.1 Å². The number of thiocarbonyl (C=S) groups is 1. The molecule has 0 aromatic heterocycles. The summed E-state index contributed by atoms with van der Waals surface area (Å²) in [5, 5.41) is 2.77. The Morgan fingerprint density at radius 1 is 0.867 bits per heavy atom. The van der Waals surface area contributed by atoms with Gasteiger partial charge in [-0.25, -0.2) is 0 Å². The zero-order valence-corrected chi connectivity index (χ0v) is 17.9. The minimum Gasteiger partial charge on any atom is -0.302 e. The van der Waals surface area contributed by atoms with Gasteiger partial charge in [0.25, 0.3) is 0 Å². The molecule has 0 aliphatic heterocycles. The van der Waals surface area contributed by atoms with Gasteiger partial charge >= 0.3 is 0 Å². The fraction of sp³-hybridized carbons (Fsp3) is 0.375. The van der Waals surface area contributed by atoms with Crippen LogP contribution < -0.4 is 16.2 Å². The van der Waals surface area contributed by atoms with Crippen molar-refractivity contribution in [2.75, 3.05) is 0 Å². The molecule has 1 aliphatic carbocycles. The van der Waals surface area contributed by atoms with Gasteiger partial charge in [0.2, 0.25) is 11.8 Å². The van der Waals surface area contributed by atoms with Crippen LogP contribution in [0.4, 0.5) is 0 Å². The molecule has 6 heteroatoms. The van der Waals surface area contributed by atoms with E-state index in [0.717, 1.165) is 17.5 Å². The summed E-state index contributed by atoms with van der Waals surface area (Å²) in [4.78, 5) is 25.1. The highest BCUT2D eigenvalue weighted by atomic mass is 32.1. The molecule has 3 N–H and O–H groups in total. The van der Waals surface area contributed by atoms with Gasteiger partial charge in [-0.15, -0.1) is 0 Å². The first-order valence-corrected chi connectivity index (χ1v) is 11.0. The van der Waals surface area contributed by atoms with Gasteiger partial charge in [-0.2, -0.15) is 0 Å². The van der Waals surface area contributed by atoms with E-state index >= 15 is 0 Å². The van der Waals surface area contributed by atoms with Crippen molar-refractivity contribution in [3.63, 3.8) is 0 Å². The van der Waals surface area contributed by atoms with Crippen molar-refractivity contribution in [1.82, 2.24) is 16.2 Å². The zero-order chi connectivity index (χ0) is 21.2. The van der Waals surface area contributed by atoms with E-state index in [2.05, 4.69) is 16.2 Å². The number of hydrazine groups is 1. The average molecular weight is 424 g/mol. The summed E-state index contributed by atoms with van der Waals surface area (Å²) in [5.74, 6) is -0.200. The van der Waals surface area contributed by atoms with Crippen molar-refractivity contribution >= 4 is 29.1 Å². The van der Waals surface area contributed by atoms with Crippen molar-refractivity contribution in [1.29, 1.82) is 0 Å². The Labute approximate surface area is 183 Å². The van der Waals surface area contributed by atoms with Crippen molar-refractivity contribution in [2.45, 2.75) is 50.9 Å². The van der Waals surface area contributed by atoms with Gasteiger partial charge in [0, 0.05) is 6.42 Å². The van der Waals surface area contributed by atoms with Gasteiger partial charge in [-0.3, -0.25) is 20.4 Å². The summed E-state index contributed by atoms with van der Waals surface area (Å²) in [7, 11) is 0. The molecule has 30 heavy (non-hydrogen) atoms. The molecule has 0 unspecified atom stereocenters. The summed E-state index contributed by atoms with van der Waals surface area (Å²) in [6.45, 7) is 0. The number of carbonyl (C=O) groups excluding carboxylic acids is 2. The monoisotopic (exact) mass is 423 g/mol. The summed E-state index contributed by atoms with van der Waals surface area (Å²) in [6.07, 6.45) is 7.62. The second-order valence-electron chi connectivity index (χ2n) is 7.79. The molecule has 5 nitrogen and oxygen atoms in total. The number of hydrogen-bond donors (Lipinski definition) is 3. The summed E-state index contributed by atoms with van der Waals surface area (Å²) < 4.78 is 0. The smallest absolute Gasteiger partial charge is 0.250 e. The quantitative estimate of drug-likeness (QED) is 0.481. The van der Waals surface area contributed by atoms with E-state index in [1.54, 1.807) is 0 Å². The third-order valence-corrected chi connectivity index (χ3v) is 5.79. The summed E-state index contributed by atoms with van der Waals surface area (Å²) in [6, 6.07) is 19.1. The lowest BCUT2D eigenvalue weighted by Gasteiger charge is -2.21. The van der Waals surface area contributed by atoms with Crippen LogP contribution in [0.15, 0.2) is 60.7 Å². The zero-order valence-electron chi connectivity index (χ0n) is 17.1. The molecule has 3 rings (SSSR count). The number of amides is 2. The Hall–Kier alpha value is -2.73. The van der Waals surface area contributed by atoms with E-state index in [0.29, 0.717) is 12.3 Å². The van der Waals surface area contributed by atoms with Crippen LogP contribution in [0.2, 0.25) is 0 Å². The van der Waals surface area contributed by atoms with E-state index < -0.39 is 5.92 Å². The Bertz CT molecular complexity index is 797. The van der Waals surface area contributed by atoms with Gasteiger partial charge in [-0.1, -0.05) is 92.8 Å². The lowest BCUT2D eigenvalue weighted by molar-refractivity contribution is -0.123. The topological polar surface area (TPSA) is 70.2 Å².